The first-order valence-corrected chi connectivity index (χ1v) is 17.6. The van der Waals surface area contributed by atoms with Gasteiger partial charge in [-0.1, -0.05) is 41.5 Å². The first-order chi connectivity index (χ1) is 23.6. The average molecular weight is 719 g/mol. The summed E-state index contributed by atoms with van der Waals surface area (Å²) in [5.74, 6) is 0.775. The summed E-state index contributed by atoms with van der Waals surface area (Å²) < 4.78 is 61.5. The van der Waals surface area contributed by atoms with Crippen molar-refractivity contribution in [1.29, 1.82) is 0 Å². The Morgan fingerprint density at radius 2 is 0.633 bits per heavy atom. The largest absolute Gasteiger partial charge is 0.394 e. The molecule has 296 valence electrons. The molecule has 0 aliphatic carbocycles. The Balaban J connectivity index is 3.79. The van der Waals surface area contributed by atoms with Gasteiger partial charge in [0.05, 0.1) is 105 Å². The van der Waals surface area contributed by atoms with Crippen molar-refractivity contribution in [3.63, 3.8) is 0 Å². The SMILES string of the molecule is CCC(COCOCC(CC)OCC(C)COCOCC(O)CO)OCC(C)COCOCC(C)COCC(C)COCOCC(O)CO. The Morgan fingerprint density at radius 3 is 0.939 bits per heavy atom. The second-order valence-corrected chi connectivity index (χ2v) is 12.8. The molecule has 0 rings (SSSR count). The van der Waals surface area contributed by atoms with Crippen molar-refractivity contribution in [2.75, 3.05) is 120 Å². The van der Waals surface area contributed by atoms with Gasteiger partial charge in [0.1, 0.15) is 39.4 Å². The smallest absolute Gasteiger partial charge is 0.146 e. The number of rotatable bonds is 38. The van der Waals surface area contributed by atoms with Gasteiger partial charge in [-0.2, -0.15) is 0 Å². The maximum absolute atomic E-state index is 9.24. The third-order valence-electron chi connectivity index (χ3n) is 6.87. The van der Waals surface area contributed by atoms with Crippen molar-refractivity contribution in [2.45, 2.75) is 78.8 Å². The van der Waals surface area contributed by atoms with Crippen LogP contribution in [0.5, 0.6) is 0 Å². The van der Waals surface area contributed by atoms with Gasteiger partial charge in [0.2, 0.25) is 0 Å². The molecule has 15 nitrogen and oxygen atoms in total. The van der Waals surface area contributed by atoms with Crippen LogP contribution in [0, 0.1) is 23.7 Å². The lowest BCUT2D eigenvalue weighted by molar-refractivity contribution is -0.126. The zero-order valence-corrected chi connectivity index (χ0v) is 31.0. The molecule has 49 heavy (non-hydrogen) atoms. The number of ether oxygens (including phenoxy) is 11. The molecule has 0 aliphatic heterocycles. The van der Waals surface area contributed by atoms with E-state index in [0.29, 0.717) is 66.1 Å². The molecule has 0 heterocycles. The van der Waals surface area contributed by atoms with E-state index in [2.05, 4.69) is 20.8 Å². The van der Waals surface area contributed by atoms with Gasteiger partial charge in [-0.15, -0.1) is 0 Å². The summed E-state index contributed by atoms with van der Waals surface area (Å²) in [6.07, 6.45) is -0.229. The van der Waals surface area contributed by atoms with Crippen LogP contribution in [0.3, 0.4) is 0 Å². The Morgan fingerprint density at radius 1 is 0.367 bits per heavy atom. The highest BCUT2D eigenvalue weighted by Crippen LogP contribution is 2.08. The van der Waals surface area contributed by atoms with Gasteiger partial charge in [0, 0.05) is 23.7 Å². The lowest BCUT2D eigenvalue weighted by Gasteiger charge is -2.21. The quantitative estimate of drug-likeness (QED) is 0.0536. The first kappa shape index (κ1) is 48.4. The van der Waals surface area contributed by atoms with Gasteiger partial charge in [-0.25, -0.2) is 0 Å². The first-order valence-electron chi connectivity index (χ1n) is 17.6. The minimum Gasteiger partial charge on any atom is -0.394 e. The summed E-state index contributed by atoms with van der Waals surface area (Å²) in [6.45, 7) is 17.2. The molecule has 0 saturated heterocycles. The second kappa shape index (κ2) is 34.5. The van der Waals surface area contributed by atoms with E-state index in [1.54, 1.807) is 0 Å². The van der Waals surface area contributed by atoms with E-state index < -0.39 is 12.2 Å². The van der Waals surface area contributed by atoms with Crippen molar-refractivity contribution in [3.05, 3.63) is 0 Å². The van der Waals surface area contributed by atoms with Crippen LogP contribution in [0.25, 0.3) is 0 Å². The highest BCUT2D eigenvalue weighted by Gasteiger charge is 2.13. The van der Waals surface area contributed by atoms with Crippen LogP contribution in [0.15, 0.2) is 0 Å². The molecule has 0 aromatic heterocycles. The Bertz CT molecular complexity index is 679. The molecule has 4 N–H and O–H groups in total. The van der Waals surface area contributed by atoms with Crippen molar-refractivity contribution in [3.8, 4) is 0 Å². The van der Waals surface area contributed by atoms with Crippen LogP contribution in [0.2, 0.25) is 0 Å². The Kier molecular flexibility index (Phi) is 34.1. The summed E-state index contributed by atoms with van der Waals surface area (Å²) in [5.41, 5.74) is 0. The summed E-state index contributed by atoms with van der Waals surface area (Å²) in [5, 5.41) is 35.9. The summed E-state index contributed by atoms with van der Waals surface area (Å²) in [7, 11) is 0. The molecule has 8 atom stereocenters. The van der Waals surface area contributed by atoms with Crippen molar-refractivity contribution >= 4 is 0 Å². The summed E-state index contributed by atoms with van der Waals surface area (Å²) in [6, 6.07) is 0. The summed E-state index contributed by atoms with van der Waals surface area (Å²) >= 11 is 0. The standard InChI is InChI=1S/C34H70O15/c1-7-33(21-46-26-47-22-34(8-2)49-18-30(6)16-43-25-45-20-32(38)10-36)48-17-29(5)15-42-23-40-13-27(3)11-39-12-28(4)14-41-24-44-19-31(37)9-35/h27-38H,7-26H2,1-6H3. The normalized spacial score (nSPS) is 17.0. The molecule has 0 saturated carbocycles. The molecule has 0 fully saturated rings. The van der Waals surface area contributed by atoms with Gasteiger partial charge in [0.15, 0.2) is 0 Å². The topological polar surface area (TPSA) is 182 Å². The lowest BCUT2D eigenvalue weighted by atomic mass is 10.2. The molecule has 0 aromatic rings. The van der Waals surface area contributed by atoms with Crippen molar-refractivity contribution in [2.24, 2.45) is 23.7 Å². The van der Waals surface area contributed by atoms with E-state index in [0.717, 1.165) is 12.8 Å². The fraction of sp³-hybridized carbons (Fsp3) is 1.00. The average Bonchev–Trinajstić information content (AvgIpc) is 3.09. The number of aliphatic hydroxyl groups excluding tert-OH is 4. The fourth-order valence-corrected chi connectivity index (χ4v) is 3.90. The van der Waals surface area contributed by atoms with E-state index >= 15 is 0 Å². The third-order valence-corrected chi connectivity index (χ3v) is 6.87. The zero-order valence-electron chi connectivity index (χ0n) is 31.0. The van der Waals surface area contributed by atoms with Crippen molar-refractivity contribution in [1.82, 2.24) is 0 Å². The molecule has 15 heteroatoms. The predicted octanol–water partition coefficient (Wildman–Crippen LogP) is 1.81. The summed E-state index contributed by atoms with van der Waals surface area (Å²) in [4.78, 5) is 0. The maximum Gasteiger partial charge on any atom is 0.146 e. The van der Waals surface area contributed by atoms with Crippen LogP contribution >= 0.6 is 0 Å². The van der Waals surface area contributed by atoms with Crippen molar-refractivity contribution < 1.29 is 72.5 Å². The predicted molar refractivity (Wildman–Crippen MR) is 181 cm³/mol. The molecular weight excluding hydrogens is 648 g/mol. The van der Waals surface area contributed by atoms with E-state index in [1.165, 1.54) is 0 Å². The van der Waals surface area contributed by atoms with Gasteiger partial charge in [-0.3, -0.25) is 0 Å². The van der Waals surface area contributed by atoms with E-state index in [4.69, 9.17) is 62.3 Å². The highest BCUT2D eigenvalue weighted by molar-refractivity contribution is 4.59. The Labute approximate surface area is 294 Å². The Hall–Kier alpha value is -0.600. The molecule has 0 aliphatic rings. The molecular formula is C34H70O15. The molecule has 0 radical (unpaired) electrons. The number of hydrogen-bond donors (Lipinski definition) is 4. The fourth-order valence-electron chi connectivity index (χ4n) is 3.90. The minimum absolute atomic E-state index is 0.0343. The molecule has 8 unspecified atom stereocenters. The molecule has 0 aromatic carbocycles. The second-order valence-electron chi connectivity index (χ2n) is 12.8. The molecule has 0 spiro atoms. The zero-order chi connectivity index (χ0) is 36.5. The van der Waals surface area contributed by atoms with Gasteiger partial charge in [-0.05, 0) is 12.8 Å². The monoisotopic (exact) mass is 718 g/mol. The maximum atomic E-state index is 9.24. The number of aliphatic hydroxyl groups is 4. The molecule has 0 amide bonds. The molecule has 0 bridgehead atoms. The van der Waals surface area contributed by atoms with Crippen LogP contribution in [0.1, 0.15) is 54.4 Å². The van der Waals surface area contributed by atoms with Gasteiger partial charge < -0.3 is 72.5 Å². The van der Waals surface area contributed by atoms with Gasteiger partial charge in [0.25, 0.3) is 0 Å². The van der Waals surface area contributed by atoms with Gasteiger partial charge >= 0.3 is 0 Å². The van der Waals surface area contributed by atoms with Crippen LogP contribution in [-0.4, -0.2) is 165 Å². The van der Waals surface area contributed by atoms with E-state index in [-0.39, 0.29) is 89.5 Å². The lowest BCUT2D eigenvalue weighted by Crippen LogP contribution is -2.26. The van der Waals surface area contributed by atoms with Crippen LogP contribution < -0.4 is 0 Å². The highest BCUT2D eigenvalue weighted by atomic mass is 16.7. The van der Waals surface area contributed by atoms with E-state index in [1.807, 2.05) is 20.8 Å². The van der Waals surface area contributed by atoms with Crippen LogP contribution in [0.4, 0.5) is 0 Å². The van der Waals surface area contributed by atoms with Crippen LogP contribution in [-0.2, 0) is 52.1 Å². The minimum atomic E-state index is -0.892. The van der Waals surface area contributed by atoms with E-state index in [9.17, 15) is 10.2 Å². The number of hydrogen-bond acceptors (Lipinski definition) is 15. The third kappa shape index (κ3) is 31.8.